The highest BCUT2D eigenvalue weighted by molar-refractivity contribution is 5.94. The normalized spacial score (nSPS) is 10.7. The monoisotopic (exact) mass is 358 g/mol. The average molecular weight is 358 g/mol. The quantitative estimate of drug-likeness (QED) is 0.574. The van der Waals surface area contributed by atoms with E-state index < -0.39 is 0 Å². The number of nitrogens with zero attached hydrogens (tertiary/aromatic N) is 3. The van der Waals surface area contributed by atoms with Crippen LogP contribution in [0.25, 0.3) is 5.65 Å². The van der Waals surface area contributed by atoms with E-state index >= 15 is 0 Å². The summed E-state index contributed by atoms with van der Waals surface area (Å²) in [6, 6.07) is 18.5. The number of pyridine rings is 2. The summed E-state index contributed by atoms with van der Waals surface area (Å²) in [4.78, 5) is 21.0. The van der Waals surface area contributed by atoms with Crippen molar-refractivity contribution in [2.75, 3.05) is 0 Å². The van der Waals surface area contributed by atoms with E-state index in [1.807, 2.05) is 59.3 Å². The van der Waals surface area contributed by atoms with Gasteiger partial charge in [-0.3, -0.25) is 9.78 Å². The number of carbonyl (C=O) groups excluding carboxylic acids is 1. The Kier molecular flexibility index (Phi) is 4.78. The molecule has 0 spiro atoms. The van der Waals surface area contributed by atoms with Crippen molar-refractivity contribution in [2.24, 2.45) is 0 Å². The van der Waals surface area contributed by atoms with E-state index in [0.29, 0.717) is 24.5 Å². The van der Waals surface area contributed by atoms with E-state index in [4.69, 9.17) is 4.74 Å². The van der Waals surface area contributed by atoms with Gasteiger partial charge < -0.3 is 14.5 Å². The van der Waals surface area contributed by atoms with Crippen LogP contribution in [0.3, 0.4) is 0 Å². The predicted molar refractivity (Wildman–Crippen MR) is 101 cm³/mol. The summed E-state index contributed by atoms with van der Waals surface area (Å²) in [6.07, 6.45) is 5.58. The van der Waals surface area contributed by atoms with Gasteiger partial charge in [0.05, 0.1) is 17.9 Å². The minimum absolute atomic E-state index is 0.168. The van der Waals surface area contributed by atoms with Crippen LogP contribution in [0, 0.1) is 0 Å². The van der Waals surface area contributed by atoms with Crippen LogP contribution in [0.15, 0.2) is 79.3 Å². The highest BCUT2D eigenvalue weighted by Gasteiger charge is 2.08. The molecule has 3 aromatic heterocycles. The molecule has 0 fully saturated rings. The molecule has 4 rings (SSSR count). The molecule has 0 saturated heterocycles. The number of hydrogen-bond donors (Lipinski definition) is 1. The second kappa shape index (κ2) is 7.70. The van der Waals surface area contributed by atoms with Crippen LogP contribution in [0.1, 0.15) is 21.7 Å². The minimum Gasteiger partial charge on any atom is -0.487 e. The highest BCUT2D eigenvalue weighted by atomic mass is 16.5. The number of nitrogens with one attached hydrogen (secondary N) is 1. The third-order valence-corrected chi connectivity index (χ3v) is 4.05. The Bertz CT molecular complexity index is 1030. The SMILES string of the molecule is O=C(NCc1ccccn1)c1cccc(OCc2cn3ccccc3n2)c1. The maximum atomic E-state index is 12.4. The van der Waals surface area contributed by atoms with Gasteiger partial charge >= 0.3 is 0 Å². The molecule has 4 aromatic rings. The van der Waals surface area contributed by atoms with E-state index in [1.54, 1.807) is 24.4 Å². The zero-order chi connectivity index (χ0) is 18.5. The van der Waals surface area contributed by atoms with Gasteiger partial charge in [-0.05, 0) is 42.5 Å². The Hall–Kier alpha value is -3.67. The van der Waals surface area contributed by atoms with Crippen molar-refractivity contribution in [3.05, 3.63) is 96.2 Å². The Morgan fingerprint density at radius 2 is 1.96 bits per heavy atom. The summed E-state index contributed by atoms with van der Waals surface area (Å²) in [6.45, 7) is 0.715. The number of benzene rings is 1. The lowest BCUT2D eigenvalue weighted by molar-refractivity contribution is 0.0950. The maximum Gasteiger partial charge on any atom is 0.251 e. The molecule has 0 bridgehead atoms. The second-order valence-corrected chi connectivity index (χ2v) is 6.02. The largest absolute Gasteiger partial charge is 0.487 e. The fourth-order valence-electron chi connectivity index (χ4n) is 2.72. The summed E-state index contributed by atoms with van der Waals surface area (Å²) >= 11 is 0. The Morgan fingerprint density at radius 3 is 2.81 bits per heavy atom. The third-order valence-electron chi connectivity index (χ3n) is 4.05. The van der Waals surface area contributed by atoms with Crippen molar-refractivity contribution in [1.29, 1.82) is 0 Å². The van der Waals surface area contributed by atoms with Crippen molar-refractivity contribution < 1.29 is 9.53 Å². The van der Waals surface area contributed by atoms with Crippen LogP contribution in [0.4, 0.5) is 0 Å². The zero-order valence-corrected chi connectivity index (χ0v) is 14.6. The molecule has 27 heavy (non-hydrogen) atoms. The Balaban J connectivity index is 1.38. The van der Waals surface area contributed by atoms with Crippen molar-refractivity contribution in [1.82, 2.24) is 19.7 Å². The third kappa shape index (κ3) is 4.12. The minimum atomic E-state index is -0.168. The number of amides is 1. The molecule has 3 heterocycles. The van der Waals surface area contributed by atoms with Gasteiger partial charge in [-0.2, -0.15) is 0 Å². The van der Waals surface area contributed by atoms with Crippen LogP contribution in [0.2, 0.25) is 0 Å². The number of rotatable bonds is 6. The summed E-state index contributed by atoms with van der Waals surface area (Å²) in [7, 11) is 0. The first-order valence-corrected chi connectivity index (χ1v) is 8.61. The predicted octanol–water partition coefficient (Wildman–Crippen LogP) is 3.24. The molecule has 1 N–H and O–H groups in total. The molecule has 0 radical (unpaired) electrons. The molecule has 134 valence electrons. The lowest BCUT2D eigenvalue weighted by atomic mass is 10.2. The van der Waals surface area contributed by atoms with Gasteiger partial charge in [0.25, 0.3) is 5.91 Å². The molecule has 6 heteroatoms. The number of aromatic nitrogens is 3. The Morgan fingerprint density at radius 1 is 1.04 bits per heavy atom. The lowest BCUT2D eigenvalue weighted by Gasteiger charge is -2.08. The van der Waals surface area contributed by atoms with Crippen molar-refractivity contribution >= 4 is 11.6 Å². The van der Waals surface area contributed by atoms with E-state index in [2.05, 4.69) is 15.3 Å². The van der Waals surface area contributed by atoms with Crippen LogP contribution < -0.4 is 10.1 Å². The van der Waals surface area contributed by atoms with Gasteiger partial charge in [-0.15, -0.1) is 0 Å². The van der Waals surface area contributed by atoms with Gasteiger partial charge in [-0.1, -0.05) is 18.2 Å². The zero-order valence-electron chi connectivity index (χ0n) is 14.6. The summed E-state index contributed by atoms with van der Waals surface area (Å²) in [5, 5.41) is 2.86. The number of hydrogen-bond acceptors (Lipinski definition) is 4. The van der Waals surface area contributed by atoms with Gasteiger partial charge in [0.15, 0.2) is 0 Å². The van der Waals surface area contributed by atoms with Crippen LogP contribution in [-0.2, 0) is 13.2 Å². The first kappa shape index (κ1) is 16.8. The van der Waals surface area contributed by atoms with Gasteiger partial charge in [0, 0.05) is 24.2 Å². The molecular formula is C21H18N4O2. The highest BCUT2D eigenvalue weighted by Crippen LogP contribution is 2.15. The number of carbonyl (C=O) groups is 1. The smallest absolute Gasteiger partial charge is 0.251 e. The molecule has 0 atom stereocenters. The van der Waals surface area contributed by atoms with Crippen molar-refractivity contribution in [3.63, 3.8) is 0 Å². The van der Waals surface area contributed by atoms with Gasteiger partial charge in [0.1, 0.15) is 18.0 Å². The number of ether oxygens (including phenoxy) is 1. The lowest BCUT2D eigenvalue weighted by Crippen LogP contribution is -2.23. The fourth-order valence-corrected chi connectivity index (χ4v) is 2.72. The second-order valence-electron chi connectivity index (χ2n) is 6.02. The molecule has 0 aliphatic rings. The van der Waals surface area contributed by atoms with Gasteiger partial charge in [0.2, 0.25) is 0 Å². The summed E-state index contributed by atoms with van der Waals surface area (Å²) in [5.74, 6) is 0.455. The van der Waals surface area contributed by atoms with E-state index in [1.165, 1.54) is 0 Å². The molecule has 1 amide bonds. The van der Waals surface area contributed by atoms with E-state index in [0.717, 1.165) is 17.0 Å². The Labute approximate surface area is 156 Å². The summed E-state index contributed by atoms with van der Waals surface area (Å²) in [5.41, 5.74) is 3.05. The van der Waals surface area contributed by atoms with E-state index in [9.17, 15) is 4.79 Å². The van der Waals surface area contributed by atoms with Crippen molar-refractivity contribution in [2.45, 2.75) is 13.2 Å². The number of fused-ring (bicyclic) bond motifs is 1. The summed E-state index contributed by atoms with van der Waals surface area (Å²) < 4.78 is 7.75. The molecule has 0 unspecified atom stereocenters. The van der Waals surface area contributed by atoms with E-state index in [-0.39, 0.29) is 5.91 Å². The standard InChI is InChI=1S/C21H18N4O2/c26-21(23-13-17-7-1-3-10-22-17)16-6-5-8-19(12-16)27-15-18-14-25-11-4-2-9-20(25)24-18/h1-12,14H,13,15H2,(H,23,26). The molecule has 0 aliphatic carbocycles. The van der Waals surface area contributed by atoms with Gasteiger partial charge in [-0.25, -0.2) is 4.98 Å². The fraction of sp³-hybridized carbons (Fsp3) is 0.0952. The van der Waals surface area contributed by atoms with Crippen molar-refractivity contribution in [3.8, 4) is 5.75 Å². The first-order valence-electron chi connectivity index (χ1n) is 8.61. The first-order chi connectivity index (χ1) is 13.3. The molecule has 0 saturated carbocycles. The van der Waals surface area contributed by atoms with Crippen LogP contribution in [-0.4, -0.2) is 20.3 Å². The molecule has 0 aliphatic heterocycles. The number of imidazole rings is 1. The molecular weight excluding hydrogens is 340 g/mol. The average Bonchev–Trinajstić information content (AvgIpc) is 3.14. The maximum absolute atomic E-state index is 12.4. The molecule has 6 nitrogen and oxygen atoms in total. The van der Waals surface area contributed by atoms with Crippen LogP contribution in [0.5, 0.6) is 5.75 Å². The molecule has 1 aromatic carbocycles. The topological polar surface area (TPSA) is 68.5 Å². The van der Waals surface area contributed by atoms with Crippen LogP contribution >= 0.6 is 0 Å².